The van der Waals surface area contributed by atoms with E-state index >= 15 is 0 Å². The molecule has 1 fully saturated rings. The molecule has 134 valence electrons. The normalized spacial score (nSPS) is 15.4. The summed E-state index contributed by atoms with van der Waals surface area (Å²) in [6, 6.07) is 9.98. The van der Waals surface area contributed by atoms with E-state index in [0.29, 0.717) is 5.92 Å². The number of H-pyrrole nitrogens is 1. The van der Waals surface area contributed by atoms with Crippen LogP contribution in [0.4, 0.5) is 0 Å². The van der Waals surface area contributed by atoms with Gasteiger partial charge in [-0.2, -0.15) is 16.4 Å². The molecule has 1 aromatic carbocycles. The molecule has 0 radical (unpaired) electrons. The molecular weight excluding hydrogens is 368 g/mol. The summed E-state index contributed by atoms with van der Waals surface area (Å²) in [5.74, 6) is 0.366. The van der Waals surface area contributed by atoms with E-state index in [4.69, 9.17) is 5.10 Å². The second kappa shape index (κ2) is 6.87. The largest absolute Gasteiger partial charge is 0.317 e. The molecule has 0 amide bonds. The van der Waals surface area contributed by atoms with Gasteiger partial charge in [0, 0.05) is 12.0 Å². The van der Waals surface area contributed by atoms with Crippen molar-refractivity contribution in [2.45, 2.75) is 18.8 Å². The van der Waals surface area contributed by atoms with Crippen molar-refractivity contribution in [1.29, 1.82) is 0 Å². The Hall–Kier alpha value is -2.15. The van der Waals surface area contributed by atoms with Crippen LogP contribution < -0.4 is 10.9 Å². The first-order valence-electron chi connectivity index (χ1n) is 8.59. The summed E-state index contributed by atoms with van der Waals surface area (Å²) in [7, 11) is 0. The van der Waals surface area contributed by atoms with E-state index in [-0.39, 0.29) is 18.0 Å². The lowest BCUT2D eigenvalue weighted by Gasteiger charge is -2.23. The number of hydrogen-bond donors (Lipinski definition) is 2. The van der Waals surface area contributed by atoms with E-state index in [0.717, 1.165) is 53.7 Å². The van der Waals surface area contributed by atoms with Crippen LogP contribution in [-0.2, 0) is 0 Å². The summed E-state index contributed by atoms with van der Waals surface area (Å²) < 4.78 is 1.96. The third kappa shape index (κ3) is 2.74. The molecule has 5 rings (SSSR count). The number of hydrogen-bond acceptors (Lipinski definition) is 4. The summed E-state index contributed by atoms with van der Waals surface area (Å²) in [6.07, 6.45) is 2.07. The number of aromatic nitrogens is 3. The Morgan fingerprint density at radius 3 is 2.81 bits per heavy atom. The van der Waals surface area contributed by atoms with Crippen LogP contribution in [0.3, 0.4) is 0 Å². The Morgan fingerprint density at radius 1 is 1.19 bits per heavy atom. The maximum Gasteiger partial charge on any atom is 0.251 e. The lowest BCUT2D eigenvalue weighted by molar-refractivity contribution is 0.446. The third-order valence-electron chi connectivity index (χ3n) is 5.05. The Balaban J connectivity index is 0.00000168. The molecule has 3 aromatic heterocycles. The number of rotatable bonds is 2. The van der Waals surface area contributed by atoms with Crippen LogP contribution in [0.2, 0.25) is 0 Å². The van der Waals surface area contributed by atoms with Crippen LogP contribution in [0.1, 0.15) is 24.5 Å². The zero-order valence-corrected chi connectivity index (χ0v) is 15.7. The van der Waals surface area contributed by atoms with Crippen molar-refractivity contribution in [3.05, 3.63) is 57.1 Å². The molecular formula is C19H19ClN4OS. The van der Waals surface area contributed by atoms with Crippen LogP contribution in [0, 0.1) is 0 Å². The predicted molar refractivity (Wildman–Crippen MR) is 109 cm³/mol. The maximum absolute atomic E-state index is 12.4. The highest BCUT2D eigenvalue weighted by Gasteiger charge is 2.21. The fourth-order valence-corrected chi connectivity index (χ4v) is 4.51. The van der Waals surface area contributed by atoms with Crippen LogP contribution >= 0.6 is 23.7 Å². The molecule has 7 heteroatoms. The average molecular weight is 387 g/mol. The van der Waals surface area contributed by atoms with Gasteiger partial charge in [-0.1, -0.05) is 12.1 Å². The standard InChI is InChI=1S/C19H18N4OS.ClH/c24-17-10-16(12-4-7-20-8-5-12)23-19(21-17)18-14(13-6-9-25-11-13)2-1-3-15(18)22-23;/h1-3,6,9-12,20H,4-5,7-8H2,(H,21,24);1H. The average Bonchev–Trinajstić information content (AvgIpc) is 3.29. The first kappa shape index (κ1) is 17.3. The number of piperidine rings is 1. The first-order chi connectivity index (χ1) is 12.3. The molecule has 2 N–H and O–H groups in total. The molecule has 0 saturated carbocycles. The zero-order valence-electron chi connectivity index (χ0n) is 14.1. The number of aromatic amines is 1. The highest BCUT2D eigenvalue weighted by Crippen LogP contribution is 2.33. The first-order valence-corrected chi connectivity index (χ1v) is 9.53. The molecule has 4 aromatic rings. The Labute approximate surface area is 160 Å². The van der Waals surface area contributed by atoms with Crippen molar-refractivity contribution in [2.75, 3.05) is 13.1 Å². The second-order valence-electron chi connectivity index (χ2n) is 6.55. The van der Waals surface area contributed by atoms with Crippen molar-refractivity contribution in [3.63, 3.8) is 0 Å². The molecule has 5 nitrogen and oxygen atoms in total. The number of halogens is 1. The minimum Gasteiger partial charge on any atom is -0.317 e. The predicted octanol–water partition coefficient (Wildman–Crippen LogP) is 3.79. The summed E-state index contributed by atoms with van der Waals surface area (Å²) in [6.45, 7) is 1.97. The smallest absolute Gasteiger partial charge is 0.251 e. The minimum absolute atomic E-state index is 0. The Morgan fingerprint density at radius 2 is 2.04 bits per heavy atom. The van der Waals surface area contributed by atoms with E-state index in [1.807, 2.05) is 16.6 Å². The van der Waals surface area contributed by atoms with E-state index in [2.05, 4.69) is 33.2 Å². The molecule has 1 saturated heterocycles. The maximum atomic E-state index is 12.4. The second-order valence-corrected chi connectivity index (χ2v) is 7.33. The molecule has 1 aliphatic heterocycles. The van der Waals surface area contributed by atoms with Gasteiger partial charge < -0.3 is 10.3 Å². The fraction of sp³-hybridized carbons (Fsp3) is 0.263. The molecule has 0 aliphatic carbocycles. The molecule has 1 aliphatic rings. The molecule has 26 heavy (non-hydrogen) atoms. The Kier molecular flexibility index (Phi) is 4.56. The van der Waals surface area contributed by atoms with Crippen molar-refractivity contribution in [3.8, 4) is 11.1 Å². The van der Waals surface area contributed by atoms with E-state index < -0.39 is 0 Å². The van der Waals surface area contributed by atoms with Crippen LogP contribution in [0.5, 0.6) is 0 Å². The number of nitrogens with one attached hydrogen (secondary N) is 2. The van der Waals surface area contributed by atoms with Gasteiger partial charge in [0.05, 0.1) is 16.6 Å². The van der Waals surface area contributed by atoms with Crippen LogP contribution in [0.25, 0.3) is 27.7 Å². The van der Waals surface area contributed by atoms with E-state index in [1.54, 1.807) is 17.4 Å². The number of benzene rings is 1. The number of nitrogens with zero attached hydrogens (tertiary/aromatic N) is 2. The number of thiophene rings is 1. The lowest BCUT2D eigenvalue weighted by Crippen LogP contribution is -2.28. The van der Waals surface area contributed by atoms with Crippen molar-refractivity contribution >= 4 is 40.3 Å². The Bertz CT molecular complexity index is 1110. The van der Waals surface area contributed by atoms with Crippen molar-refractivity contribution in [2.24, 2.45) is 0 Å². The van der Waals surface area contributed by atoms with Gasteiger partial charge >= 0.3 is 0 Å². The van der Waals surface area contributed by atoms with Gasteiger partial charge in [-0.3, -0.25) is 4.79 Å². The van der Waals surface area contributed by atoms with Crippen molar-refractivity contribution < 1.29 is 0 Å². The van der Waals surface area contributed by atoms with E-state index in [1.165, 1.54) is 5.56 Å². The van der Waals surface area contributed by atoms with Crippen LogP contribution in [0.15, 0.2) is 45.9 Å². The SMILES string of the molecule is Cl.O=c1cc(C2CCNCC2)n2nc3cccc(-c4ccsc4)c3c2[nH]1. The minimum atomic E-state index is -0.0528. The highest BCUT2D eigenvalue weighted by molar-refractivity contribution is 7.08. The molecule has 0 bridgehead atoms. The lowest BCUT2D eigenvalue weighted by atomic mass is 9.94. The van der Waals surface area contributed by atoms with Gasteiger partial charge in [-0.15, -0.1) is 12.4 Å². The van der Waals surface area contributed by atoms with E-state index in [9.17, 15) is 4.79 Å². The van der Waals surface area contributed by atoms with Gasteiger partial charge in [0.2, 0.25) is 0 Å². The van der Waals surface area contributed by atoms with Crippen LogP contribution in [-0.4, -0.2) is 27.7 Å². The van der Waals surface area contributed by atoms with Gasteiger partial charge in [0.25, 0.3) is 5.56 Å². The summed E-state index contributed by atoms with van der Waals surface area (Å²) in [5.41, 5.74) is 4.97. The number of fused-ring (bicyclic) bond motifs is 3. The quantitative estimate of drug-likeness (QED) is 0.551. The molecule has 0 unspecified atom stereocenters. The summed E-state index contributed by atoms with van der Waals surface area (Å²) >= 11 is 1.67. The molecule has 0 spiro atoms. The van der Waals surface area contributed by atoms with Gasteiger partial charge in [-0.05, 0) is 60.0 Å². The van der Waals surface area contributed by atoms with Gasteiger partial charge in [-0.25, -0.2) is 4.52 Å². The highest BCUT2D eigenvalue weighted by atomic mass is 35.5. The van der Waals surface area contributed by atoms with Crippen molar-refractivity contribution in [1.82, 2.24) is 19.9 Å². The zero-order chi connectivity index (χ0) is 16.8. The monoisotopic (exact) mass is 386 g/mol. The van der Waals surface area contributed by atoms with Gasteiger partial charge in [0.1, 0.15) is 5.65 Å². The van der Waals surface area contributed by atoms with Gasteiger partial charge in [0.15, 0.2) is 0 Å². The summed E-state index contributed by atoms with van der Waals surface area (Å²) in [5, 5.41) is 13.4. The fourth-order valence-electron chi connectivity index (χ4n) is 3.85. The molecule has 0 atom stereocenters. The summed E-state index contributed by atoms with van der Waals surface area (Å²) in [4.78, 5) is 15.4. The molecule has 4 heterocycles. The topological polar surface area (TPSA) is 62.2 Å². The third-order valence-corrected chi connectivity index (χ3v) is 5.74.